The van der Waals surface area contributed by atoms with Crippen LogP contribution in [-0.4, -0.2) is 10.8 Å². The molecule has 0 unspecified atom stereocenters. The summed E-state index contributed by atoms with van der Waals surface area (Å²) in [5.41, 5.74) is 0.849. The molecule has 0 N–H and O–H groups in total. The lowest BCUT2D eigenvalue weighted by atomic mass is 9.88. The van der Waals surface area contributed by atoms with Crippen molar-refractivity contribution in [2.24, 2.45) is 5.41 Å². The van der Waals surface area contributed by atoms with Gasteiger partial charge in [-0.3, -0.25) is 4.79 Å². The molecule has 3 nitrogen and oxygen atoms in total. The van der Waals surface area contributed by atoms with E-state index >= 15 is 0 Å². The summed E-state index contributed by atoms with van der Waals surface area (Å²) in [5.74, 6) is 0.513. The van der Waals surface area contributed by atoms with E-state index < -0.39 is 0 Å². The average molecular weight is 274 g/mol. The van der Waals surface area contributed by atoms with Crippen LogP contribution >= 0.6 is 11.3 Å². The second-order valence-electron chi connectivity index (χ2n) is 6.22. The largest absolute Gasteiger partial charge is 0.293 e. The molecule has 2 rings (SSSR count). The zero-order chi connectivity index (χ0) is 14.0. The quantitative estimate of drug-likeness (QED) is 0.617. The molecule has 0 saturated heterocycles. The fourth-order valence-corrected chi connectivity index (χ4v) is 2.73. The summed E-state index contributed by atoms with van der Waals surface area (Å²) in [7, 11) is 0. The van der Waals surface area contributed by atoms with Gasteiger partial charge in [0.1, 0.15) is 6.07 Å². The summed E-state index contributed by atoms with van der Waals surface area (Å²) in [6.07, 6.45) is 4.43. The maximum Gasteiger partial charge on any atom is 0.173 e. The number of carbonyl (C=O) groups excluding carboxylic acids is 1. The summed E-state index contributed by atoms with van der Waals surface area (Å²) in [5, 5.41) is 12.2. The van der Waals surface area contributed by atoms with E-state index in [1.54, 1.807) is 17.4 Å². The number of nitrogens with zero attached hydrogens (tertiary/aromatic N) is 2. The summed E-state index contributed by atoms with van der Waals surface area (Å²) in [6, 6.07) is 2.00. The van der Waals surface area contributed by atoms with E-state index in [4.69, 9.17) is 5.26 Å². The van der Waals surface area contributed by atoms with E-state index in [-0.39, 0.29) is 16.8 Å². The number of hydrogen-bond acceptors (Lipinski definition) is 4. The van der Waals surface area contributed by atoms with Crippen LogP contribution in [0.3, 0.4) is 0 Å². The molecule has 0 atom stereocenters. The number of ketones is 1. The molecule has 0 spiro atoms. The molecule has 1 aromatic rings. The first kappa shape index (κ1) is 14.0. The minimum Gasteiger partial charge on any atom is -0.293 e. The number of carbonyl (C=O) groups is 1. The first-order valence-electron chi connectivity index (χ1n) is 6.49. The molecular formula is C15H18N2OS. The maximum absolute atomic E-state index is 12.0. The normalized spacial score (nSPS) is 16.2. The smallest absolute Gasteiger partial charge is 0.173 e. The summed E-state index contributed by atoms with van der Waals surface area (Å²) >= 11 is 1.62. The summed E-state index contributed by atoms with van der Waals surface area (Å²) in [4.78, 5) is 16.5. The lowest BCUT2D eigenvalue weighted by Gasteiger charge is -2.15. The number of aromatic nitrogens is 1. The highest BCUT2D eigenvalue weighted by molar-refractivity contribution is 7.09. The fourth-order valence-electron chi connectivity index (χ4n) is 1.78. The molecule has 1 saturated carbocycles. The first-order chi connectivity index (χ1) is 8.89. The van der Waals surface area contributed by atoms with Crippen LogP contribution in [0.1, 0.15) is 56.7 Å². The van der Waals surface area contributed by atoms with E-state index in [0.29, 0.717) is 12.3 Å². The van der Waals surface area contributed by atoms with Gasteiger partial charge >= 0.3 is 0 Å². The van der Waals surface area contributed by atoms with Gasteiger partial charge in [-0.25, -0.2) is 4.98 Å². The van der Waals surface area contributed by atoms with Crippen molar-refractivity contribution in [2.75, 3.05) is 0 Å². The molecule has 100 valence electrons. The molecule has 0 amide bonds. The minimum atomic E-state index is -0.103. The number of hydrogen-bond donors (Lipinski definition) is 0. The highest BCUT2D eigenvalue weighted by Gasteiger charge is 2.26. The average Bonchev–Trinajstić information content (AvgIpc) is 3.04. The third kappa shape index (κ3) is 4.00. The molecule has 4 heteroatoms. The van der Waals surface area contributed by atoms with Gasteiger partial charge in [0.05, 0.1) is 16.3 Å². The van der Waals surface area contributed by atoms with E-state index in [2.05, 4.69) is 4.98 Å². The molecular weight excluding hydrogens is 256 g/mol. The van der Waals surface area contributed by atoms with Crippen molar-refractivity contribution in [3.8, 4) is 6.07 Å². The topological polar surface area (TPSA) is 53.8 Å². The van der Waals surface area contributed by atoms with Crippen molar-refractivity contribution >= 4 is 23.2 Å². The van der Waals surface area contributed by atoms with Crippen LogP contribution in [0.25, 0.3) is 6.08 Å². The molecule has 1 aromatic heterocycles. The Kier molecular flexibility index (Phi) is 3.86. The van der Waals surface area contributed by atoms with Crippen LogP contribution in [0.5, 0.6) is 0 Å². The van der Waals surface area contributed by atoms with Crippen LogP contribution in [0, 0.1) is 16.7 Å². The van der Waals surface area contributed by atoms with Gasteiger partial charge in [0.25, 0.3) is 0 Å². The Bertz CT molecular complexity index is 553. The third-order valence-corrected chi connectivity index (χ3v) is 3.90. The minimum absolute atomic E-state index is 0.101. The Balaban J connectivity index is 2.13. The van der Waals surface area contributed by atoms with Crippen molar-refractivity contribution in [3.05, 3.63) is 21.7 Å². The SMILES string of the molecule is CC(C)(C)CC(=O)/C(C#N)=C\c1csc(C2CC2)n1. The van der Waals surface area contributed by atoms with Gasteiger partial charge in [-0.05, 0) is 24.3 Å². The van der Waals surface area contributed by atoms with Gasteiger partial charge in [-0.15, -0.1) is 11.3 Å². The van der Waals surface area contributed by atoms with Crippen molar-refractivity contribution in [1.82, 2.24) is 4.98 Å². The number of rotatable bonds is 4. The molecule has 0 radical (unpaired) electrons. The van der Waals surface area contributed by atoms with Crippen LogP contribution < -0.4 is 0 Å². The Morgan fingerprint density at radius 1 is 1.58 bits per heavy atom. The van der Waals surface area contributed by atoms with E-state index in [1.165, 1.54) is 12.8 Å². The van der Waals surface area contributed by atoms with Crippen LogP contribution in [0.15, 0.2) is 11.0 Å². The zero-order valence-corrected chi connectivity index (χ0v) is 12.4. The predicted molar refractivity (Wildman–Crippen MR) is 76.8 cm³/mol. The second kappa shape index (κ2) is 5.26. The Hall–Kier alpha value is -1.47. The van der Waals surface area contributed by atoms with E-state index in [1.807, 2.05) is 32.2 Å². The molecule has 19 heavy (non-hydrogen) atoms. The monoisotopic (exact) mass is 274 g/mol. The van der Waals surface area contributed by atoms with Crippen LogP contribution in [-0.2, 0) is 4.79 Å². The zero-order valence-electron chi connectivity index (χ0n) is 11.6. The molecule has 0 bridgehead atoms. The molecule has 1 aliphatic rings. The van der Waals surface area contributed by atoms with Crippen LogP contribution in [0.2, 0.25) is 0 Å². The Morgan fingerprint density at radius 3 is 2.79 bits per heavy atom. The Labute approximate surface area is 118 Å². The fraction of sp³-hybridized carbons (Fsp3) is 0.533. The van der Waals surface area contributed by atoms with Gasteiger partial charge in [-0.1, -0.05) is 20.8 Å². The number of thiazole rings is 1. The number of Topliss-reactive ketones (excluding diaryl/α,β-unsaturated/α-hetero) is 1. The van der Waals surface area contributed by atoms with Gasteiger partial charge in [0, 0.05) is 17.7 Å². The molecule has 1 aliphatic carbocycles. The van der Waals surface area contributed by atoms with Gasteiger partial charge in [0.2, 0.25) is 0 Å². The van der Waals surface area contributed by atoms with E-state index in [9.17, 15) is 4.79 Å². The predicted octanol–water partition coefficient (Wildman–Crippen LogP) is 3.93. The van der Waals surface area contributed by atoms with Crippen molar-refractivity contribution in [3.63, 3.8) is 0 Å². The molecule has 0 aromatic carbocycles. The highest BCUT2D eigenvalue weighted by atomic mass is 32.1. The lowest BCUT2D eigenvalue weighted by molar-refractivity contribution is -0.116. The summed E-state index contributed by atoms with van der Waals surface area (Å²) < 4.78 is 0. The van der Waals surface area contributed by atoms with Crippen molar-refractivity contribution in [1.29, 1.82) is 5.26 Å². The molecule has 0 aliphatic heterocycles. The van der Waals surface area contributed by atoms with Gasteiger partial charge in [0.15, 0.2) is 5.78 Å². The van der Waals surface area contributed by atoms with Crippen molar-refractivity contribution < 1.29 is 4.79 Å². The van der Waals surface area contributed by atoms with Crippen LogP contribution in [0.4, 0.5) is 0 Å². The maximum atomic E-state index is 12.0. The lowest BCUT2D eigenvalue weighted by Crippen LogP contribution is -2.14. The first-order valence-corrected chi connectivity index (χ1v) is 7.37. The standard InChI is InChI=1S/C15H18N2OS/c1-15(2,3)7-13(18)11(8-16)6-12-9-19-14(17-12)10-4-5-10/h6,9-10H,4-5,7H2,1-3H3/b11-6-. The summed E-state index contributed by atoms with van der Waals surface area (Å²) in [6.45, 7) is 5.98. The van der Waals surface area contributed by atoms with E-state index in [0.717, 1.165) is 10.7 Å². The number of allylic oxidation sites excluding steroid dienone is 1. The van der Waals surface area contributed by atoms with Gasteiger partial charge < -0.3 is 0 Å². The van der Waals surface area contributed by atoms with Gasteiger partial charge in [-0.2, -0.15) is 5.26 Å². The molecule has 1 heterocycles. The second-order valence-corrected chi connectivity index (χ2v) is 7.10. The Morgan fingerprint density at radius 2 is 2.26 bits per heavy atom. The third-order valence-electron chi connectivity index (χ3n) is 2.87. The highest BCUT2D eigenvalue weighted by Crippen LogP contribution is 2.41. The molecule has 1 fully saturated rings. The van der Waals surface area contributed by atoms with Crippen molar-refractivity contribution in [2.45, 2.75) is 46.0 Å². The number of nitriles is 1.